The lowest BCUT2D eigenvalue weighted by molar-refractivity contribution is 0.231. The summed E-state index contributed by atoms with van der Waals surface area (Å²) in [7, 11) is 1.53. The van der Waals surface area contributed by atoms with Gasteiger partial charge in [-0.1, -0.05) is 24.3 Å². The summed E-state index contributed by atoms with van der Waals surface area (Å²) in [5.41, 5.74) is 0.104. The van der Waals surface area contributed by atoms with Gasteiger partial charge in [0.1, 0.15) is 5.82 Å². The van der Waals surface area contributed by atoms with Crippen molar-refractivity contribution in [1.29, 1.82) is 0 Å². The highest BCUT2D eigenvalue weighted by atomic mass is 19.1. The highest BCUT2D eigenvalue weighted by Gasteiger charge is 2.06. The summed E-state index contributed by atoms with van der Waals surface area (Å²) in [5.74, 6) is 0.568. The molecule has 0 aliphatic heterocycles. The average Bonchev–Trinajstić information content (AvgIpc) is 2.50. The third kappa shape index (κ3) is 4.10. The largest absolute Gasteiger partial charge is 0.493 e. The standard InChI is InChI=1S/C15H15FN2O3/c1-20-13-8-4-5-9-14(13)21-10-17-15(19)18-12-7-3-2-6-11(12)16/h2-9H,10H2,1H3,(H2,17,18,19). The molecule has 2 rings (SSSR count). The molecule has 5 nitrogen and oxygen atoms in total. The molecular formula is C15H15FN2O3. The van der Waals surface area contributed by atoms with Gasteiger partial charge in [0.25, 0.3) is 0 Å². The number of para-hydroxylation sites is 3. The average molecular weight is 290 g/mol. The minimum atomic E-state index is -0.560. The lowest BCUT2D eigenvalue weighted by atomic mass is 10.3. The fourth-order valence-electron chi connectivity index (χ4n) is 1.65. The molecule has 2 N–H and O–H groups in total. The maximum atomic E-state index is 13.3. The summed E-state index contributed by atoms with van der Waals surface area (Å²) in [6.07, 6.45) is 0. The van der Waals surface area contributed by atoms with Gasteiger partial charge in [-0.25, -0.2) is 9.18 Å². The predicted molar refractivity (Wildman–Crippen MR) is 77.0 cm³/mol. The molecule has 2 aromatic rings. The Labute approximate surface area is 121 Å². The van der Waals surface area contributed by atoms with Crippen molar-refractivity contribution >= 4 is 11.7 Å². The van der Waals surface area contributed by atoms with E-state index in [1.807, 2.05) is 6.07 Å². The summed E-state index contributed by atoms with van der Waals surface area (Å²) in [6, 6.07) is 12.4. The number of nitrogens with one attached hydrogen (secondary N) is 2. The SMILES string of the molecule is COc1ccccc1OCNC(=O)Nc1ccccc1F. The summed E-state index contributed by atoms with van der Waals surface area (Å²) >= 11 is 0. The van der Waals surface area contributed by atoms with Crippen LogP contribution >= 0.6 is 0 Å². The molecule has 2 aromatic carbocycles. The van der Waals surface area contributed by atoms with E-state index in [1.165, 1.54) is 19.2 Å². The van der Waals surface area contributed by atoms with Crippen LogP contribution < -0.4 is 20.1 Å². The molecule has 110 valence electrons. The minimum Gasteiger partial charge on any atom is -0.493 e. The number of hydrogen-bond donors (Lipinski definition) is 2. The molecule has 0 heterocycles. The van der Waals surface area contributed by atoms with Gasteiger partial charge in [0.05, 0.1) is 12.8 Å². The second kappa shape index (κ2) is 7.14. The summed E-state index contributed by atoms with van der Waals surface area (Å²) in [5, 5.41) is 4.85. The first-order valence-electron chi connectivity index (χ1n) is 6.26. The lowest BCUT2D eigenvalue weighted by Crippen LogP contribution is -2.32. The molecule has 0 saturated heterocycles. The van der Waals surface area contributed by atoms with E-state index in [0.717, 1.165) is 0 Å². The van der Waals surface area contributed by atoms with Gasteiger partial charge in [-0.05, 0) is 24.3 Å². The molecule has 6 heteroatoms. The third-order valence-electron chi connectivity index (χ3n) is 2.65. The third-order valence-corrected chi connectivity index (χ3v) is 2.65. The number of anilines is 1. The van der Waals surface area contributed by atoms with Gasteiger partial charge < -0.3 is 20.1 Å². The molecule has 0 aliphatic carbocycles. The zero-order chi connectivity index (χ0) is 15.1. The Kier molecular flexibility index (Phi) is 4.98. The van der Waals surface area contributed by atoms with E-state index < -0.39 is 11.8 Å². The lowest BCUT2D eigenvalue weighted by Gasteiger charge is -2.12. The topological polar surface area (TPSA) is 59.6 Å². The molecule has 0 aromatic heterocycles. The van der Waals surface area contributed by atoms with Crippen molar-refractivity contribution in [2.45, 2.75) is 0 Å². The number of benzene rings is 2. The first-order chi connectivity index (χ1) is 10.2. The number of carbonyl (C=O) groups excluding carboxylic acids is 1. The van der Waals surface area contributed by atoms with E-state index >= 15 is 0 Å². The van der Waals surface area contributed by atoms with Crippen LogP contribution in [-0.2, 0) is 0 Å². The van der Waals surface area contributed by atoms with Crippen LogP contribution in [-0.4, -0.2) is 19.9 Å². The van der Waals surface area contributed by atoms with Gasteiger partial charge in [-0.15, -0.1) is 0 Å². The Morgan fingerprint density at radius 1 is 1.10 bits per heavy atom. The maximum Gasteiger partial charge on any atom is 0.321 e. The van der Waals surface area contributed by atoms with Crippen molar-refractivity contribution in [3.05, 3.63) is 54.3 Å². The molecular weight excluding hydrogens is 275 g/mol. The molecule has 0 saturated carbocycles. The molecule has 0 atom stereocenters. The molecule has 21 heavy (non-hydrogen) atoms. The van der Waals surface area contributed by atoms with Gasteiger partial charge in [-0.2, -0.15) is 0 Å². The predicted octanol–water partition coefficient (Wildman–Crippen LogP) is 2.99. The van der Waals surface area contributed by atoms with Crippen molar-refractivity contribution in [2.75, 3.05) is 19.2 Å². The van der Waals surface area contributed by atoms with Crippen LogP contribution in [0.5, 0.6) is 11.5 Å². The number of amides is 2. The Hall–Kier alpha value is -2.76. The van der Waals surface area contributed by atoms with Crippen molar-refractivity contribution in [2.24, 2.45) is 0 Å². The van der Waals surface area contributed by atoms with E-state index in [1.54, 1.807) is 30.3 Å². The van der Waals surface area contributed by atoms with E-state index in [4.69, 9.17) is 9.47 Å². The van der Waals surface area contributed by atoms with Crippen LogP contribution in [0, 0.1) is 5.82 Å². The first-order valence-corrected chi connectivity index (χ1v) is 6.26. The van der Waals surface area contributed by atoms with Crippen LogP contribution in [0.3, 0.4) is 0 Å². The van der Waals surface area contributed by atoms with E-state index in [2.05, 4.69) is 10.6 Å². The van der Waals surface area contributed by atoms with Gasteiger partial charge in [0.2, 0.25) is 0 Å². The molecule has 0 spiro atoms. The van der Waals surface area contributed by atoms with Crippen LogP contribution in [0.15, 0.2) is 48.5 Å². The van der Waals surface area contributed by atoms with E-state index in [9.17, 15) is 9.18 Å². The molecule has 0 aliphatic rings. The van der Waals surface area contributed by atoms with E-state index in [0.29, 0.717) is 11.5 Å². The Bertz CT molecular complexity index is 619. The number of methoxy groups -OCH3 is 1. The zero-order valence-electron chi connectivity index (χ0n) is 11.4. The maximum absolute atomic E-state index is 13.3. The number of hydrogen-bond acceptors (Lipinski definition) is 3. The normalized spacial score (nSPS) is 9.81. The first kappa shape index (κ1) is 14.6. The minimum absolute atomic E-state index is 0.0688. The number of ether oxygens (including phenoxy) is 2. The van der Waals surface area contributed by atoms with Gasteiger partial charge >= 0.3 is 6.03 Å². The summed E-state index contributed by atoms with van der Waals surface area (Å²) < 4.78 is 23.8. The Morgan fingerprint density at radius 3 is 2.48 bits per heavy atom. The number of carbonyl (C=O) groups is 1. The molecule has 0 radical (unpaired) electrons. The van der Waals surface area contributed by atoms with Gasteiger partial charge in [-0.3, -0.25) is 0 Å². The van der Waals surface area contributed by atoms with Gasteiger partial charge in [0, 0.05) is 0 Å². The number of halogens is 1. The summed E-state index contributed by atoms with van der Waals surface area (Å²) in [6.45, 7) is -0.0688. The summed E-state index contributed by atoms with van der Waals surface area (Å²) in [4.78, 5) is 11.6. The van der Waals surface area contributed by atoms with Crippen molar-refractivity contribution < 1.29 is 18.7 Å². The smallest absolute Gasteiger partial charge is 0.321 e. The second-order valence-corrected chi connectivity index (χ2v) is 4.05. The van der Waals surface area contributed by atoms with Crippen LogP contribution in [0.2, 0.25) is 0 Å². The van der Waals surface area contributed by atoms with Crippen LogP contribution in [0.4, 0.5) is 14.9 Å². The second-order valence-electron chi connectivity index (χ2n) is 4.05. The molecule has 0 bridgehead atoms. The van der Waals surface area contributed by atoms with Crippen LogP contribution in [0.25, 0.3) is 0 Å². The molecule has 0 unspecified atom stereocenters. The fraction of sp³-hybridized carbons (Fsp3) is 0.133. The highest BCUT2D eigenvalue weighted by Crippen LogP contribution is 2.25. The number of rotatable bonds is 5. The van der Waals surface area contributed by atoms with Crippen molar-refractivity contribution in [3.63, 3.8) is 0 Å². The Morgan fingerprint density at radius 2 is 1.76 bits per heavy atom. The quantitative estimate of drug-likeness (QED) is 0.832. The molecule has 2 amide bonds. The highest BCUT2D eigenvalue weighted by molar-refractivity contribution is 5.89. The fourth-order valence-corrected chi connectivity index (χ4v) is 1.65. The Balaban J connectivity index is 1.83. The number of urea groups is 1. The van der Waals surface area contributed by atoms with Crippen molar-refractivity contribution in [3.8, 4) is 11.5 Å². The van der Waals surface area contributed by atoms with Crippen molar-refractivity contribution in [1.82, 2.24) is 5.32 Å². The van der Waals surface area contributed by atoms with Crippen LogP contribution in [0.1, 0.15) is 0 Å². The monoisotopic (exact) mass is 290 g/mol. The molecule has 0 fully saturated rings. The zero-order valence-corrected chi connectivity index (χ0v) is 11.4. The van der Waals surface area contributed by atoms with E-state index in [-0.39, 0.29) is 12.4 Å². The van der Waals surface area contributed by atoms with Gasteiger partial charge in [0.15, 0.2) is 18.2 Å².